The van der Waals surface area contributed by atoms with Gasteiger partial charge >= 0.3 is 6.09 Å². The molecule has 1 amide bonds. The van der Waals surface area contributed by atoms with Crippen molar-refractivity contribution >= 4 is 29.4 Å². The third-order valence-corrected chi connectivity index (χ3v) is 2.03. The van der Waals surface area contributed by atoms with E-state index in [1.54, 1.807) is 18.2 Å². The van der Waals surface area contributed by atoms with Gasteiger partial charge in [0.15, 0.2) is 11.7 Å². The normalized spacial score (nSPS) is 12.5. The van der Waals surface area contributed by atoms with E-state index in [-0.39, 0.29) is 18.2 Å². The quantitative estimate of drug-likeness (QED) is 0.544. The number of carbonyl (C=O) groups is 1. The molecule has 0 aliphatic carbocycles. The molecule has 0 atom stereocenters. The lowest BCUT2D eigenvalue weighted by molar-refractivity contribution is 0.206. The number of rotatable bonds is 2. The number of aliphatic imine (C=N–C) groups is 2. The number of amidine groups is 2. The predicted molar refractivity (Wildman–Crippen MR) is 66.4 cm³/mol. The van der Waals surface area contributed by atoms with Crippen LogP contribution in [0.2, 0.25) is 5.02 Å². The molecule has 0 spiro atoms. The molecule has 17 heavy (non-hydrogen) atoms. The number of benzene rings is 1. The minimum absolute atomic E-state index is 0.118. The summed E-state index contributed by atoms with van der Waals surface area (Å²) in [5.74, 6) is -0.438. The fraction of sp³-hybridized carbons (Fsp3) is 0.100. The second-order valence-corrected chi connectivity index (χ2v) is 3.55. The van der Waals surface area contributed by atoms with Crippen LogP contribution in [0.25, 0.3) is 0 Å². The molecule has 5 N–H and O–H groups in total. The van der Waals surface area contributed by atoms with E-state index >= 15 is 0 Å². The highest BCUT2D eigenvalue weighted by Crippen LogP contribution is 2.11. The molecule has 0 aromatic heterocycles. The monoisotopic (exact) mass is 254 g/mol. The van der Waals surface area contributed by atoms with Crippen LogP contribution in [0, 0.1) is 0 Å². The van der Waals surface area contributed by atoms with E-state index in [0.29, 0.717) is 5.02 Å². The van der Waals surface area contributed by atoms with Crippen molar-refractivity contribution in [3.05, 3.63) is 34.9 Å². The number of nitrogens with zero attached hydrogens (tertiary/aromatic N) is 2. The van der Waals surface area contributed by atoms with Gasteiger partial charge in [0.1, 0.15) is 0 Å². The van der Waals surface area contributed by atoms with Crippen molar-refractivity contribution in [2.45, 2.75) is 6.54 Å². The van der Waals surface area contributed by atoms with Gasteiger partial charge in [0, 0.05) is 5.02 Å². The van der Waals surface area contributed by atoms with E-state index in [9.17, 15) is 4.79 Å². The van der Waals surface area contributed by atoms with E-state index in [2.05, 4.69) is 9.98 Å². The summed E-state index contributed by atoms with van der Waals surface area (Å²) in [6, 6.07) is 7.05. The van der Waals surface area contributed by atoms with Crippen LogP contribution in [0.3, 0.4) is 0 Å². The van der Waals surface area contributed by atoms with Crippen LogP contribution in [0.4, 0.5) is 4.79 Å². The first kappa shape index (κ1) is 13.0. The Morgan fingerprint density at radius 3 is 2.65 bits per heavy atom. The van der Waals surface area contributed by atoms with Crippen molar-refractivity contribution in [3.63, 3.8) is 0 Å². The predicted octanol–water partition coefficient (Wildman–Crippen LogP) is 1.23. The second-order valence-electron chi connectivity index (χ2n) is 3.11. The molecule has 0 aliphatic rings. The fourth-order valence-corrected chi connectivity index (χ4v) is 1.27. The van der Waals surface area contributed by atoms with Crippen LogP contribution in [0.1, 0.15) is 5.56 Å². The highest BCUT2D eigenvalue weighted by Gasteiger charge is 2.02. The van der Waals surface area contributed by atoms with Gasteiger partial charge in [0.05, 0.1) is 6.54 Å². The smallest absolute Gasteiger partial charge is 0.433 e. The van der Waals surface area contributed by atoms with Gasteiger partial charge in [-0.2, -0.15) is 4.99 Å². The number of amides is 1. The molecule has 0 heterocycles. The molecular formula is C10H11ClN4O2. The average Bonchev–Trinajstić information content (AvgIpc) is 2.25. The molecule has 1 rings (SSSR count). The van der Waals surface area contributed by atoms with Gasteiger partial charge in [-0.1, -0.05) is 23.7 Å². The third-order valence-electron chi connectivity index (χ3n) is 1.80. The standard InChI is InChI=1S/C10H11ClN4O2/c11-7-3-1-2-6(4-7)5-14-8(12)9(13)15-10(16)17/h1-4H,5H2,(H2,12,14)(H2,13,15)(H,16,17). The van der Waals surface area contributed by atoms with Crippen molar-refractivity contribution in [2.24, 2.45) is 21.5 Å². The molecule has 0 bridgehead atoms. The van der Waals surface area contributed by atoms with E-state index in [1.807, 2.05) is 6.07 Å². The van der Waals surface area contributed by atoms with Gasteiger partial charge < -0.3 is 16.6 Å². The first-order valence-electron chi connectivity index (χ1n) is 4.61. The second kappa shape index (κ2) is 5.86. The van der Waals surface area contributed by atoms with E-state index in [0.717, 1.165) is 5.56 Å². The molecule has 90 valence electrons. The van der Waals surface area contributed by atoms with Crippen LogP contribution in [0.5, 0.6) is 0 Å². The van der Waals surface area contributed by atoms with E-state index in [1.165, 1.54) is 0 Å². The van der Waals surface area contributed by atoms with Crippen molar-refractivity contribution in [3.8, 4) is 0 Å². The van der Waals surface area contributed by atoms with Crippen molar-refractivity contribution in [2.75, 3.05) is 0 Å². The Morgan fingerprint density at radius 1 is 1.35 bits per heavy atom. The number of carboxylic acid groups (broad SMARTS) is 1. The van der Waals surface area contributed by atoms with Crippen LogP contribution < -0.4 is 11.5 Å². The lowest BCUT2D eigenvalue weighted by Crippen LogP contribution is -2.32. The van der Waals surface area contributed by atoms with Crippen LogP contribution in [-0.2, 0) is 6.54 Å². The molecule has 0 saturated carbocycles. The minimum Gasteiger partial charge on any atom is -0.463 e. The molecule has 7 heteroatoms. The van der Waals surface area contributed by atoms with Crippen LogP contribution in [0.15, 0.2) is 34.3 Å². The summed E-state index contributed by atoms with van der Waals surface area (Å²) in [6.45, 7) is 0.252. The summed E-state index contributed by atoms with van der Waals surface area (Å²) >= 11 is 5.79. The Morgan fingerprint density at radius 2 is 2.06 bits per heavy atom. The molecule has 0 radical (unpaired) electrons. The lowest BCUT2D eigenvalue weighted by atomic mass is 10.2. The molecule has 0 fully saturated rings. The summed E-state index contributed by atoms with van der Waals surface area (Å²) in [5, 5.41) is 8.95. The molecule has 0 aliphatic heterocycles. The third kappa shape index (κ3) is 4.52. The van der Waals surface area contributed by atoms with Gasteiger partial charge in [-0.15, -0.1) is 0 Å². The molecule has 0 unspecified atom stereocenters. The van der Waals surface area contributed by atoms with Gasteiger partial charge in [-0.05, 0) is 17.7 Å². The maximum atomic E-state index is 10.2. The Hall–Kier alpha value is -2.08. The minimum atomic E-state index is -1.41. The highest BCUT2D eigenvalue weighted by atomic mass is 35.5. The number of hydrogen-bond donors (Lipinski definition) is 3. The Balaban J connectivity index is 2.74. The lowest BCUT2D eigenvalue weighted by Gasteiger charge is -2.00. The average molecular weight is 255 g/mol. The SMILES string of the molecule is NC(=NCc1cccc(Cl)c1)/C(N)=N/C(=O)O. The number of hydrogen-bond acceptors (Lipinski definition) is 2. The number of halogens is 1. The first-order valence-corrected chi connectivity index (χ1v) is 4.98. The zero-order valence-electron chi connectivity index (χ0n) is 8.80. The maximum Gasteiger partial charge on any atom is 0.433 e. The van der Waals surface area contributed by atoms with Crippen molar-refractivity contribution in [1.82, 2.24) is 0 Å². The molecule has 0 saturated heterocycles. The Kier molecular flexibility index (Phi) is 4.47. The summed E-state index contributed by atoms with van der Waals surface area (Å²) in [5.41, 5.74) is 11.6. The Bertz CT molecular complexity index is 485. The van der Waals surface area contributed by atoms with E-state index < -0.39 is 6.09 Å². The molecule has 1 aromatic rings. The van der Waals surface area contributed by atoms with Gasteiger partial charge in [-0.25, -0.2) is 4.79 Å². The highest BCUT2D eigenvalue weighted by molar-refractivity contribution is 6.40. The summed E-state index contributed by atoms with van der Waals surface area (Å²) in [4.78, 5) is 17.2. The fourth-order valence-electron chi connectivity index (χ4n) is 1.05. The Labute approximate surface area is 103 Å². The molecule has 6 nitrogen and oxygen atoms in total. The van der Waals surface area contributed by atoms with Crippen LogP contribution >= 0.6 is 11.6 Å². The summed E-state index contributed by atoms with van der Waals surface area (Å²) in [6.07, 6.45) is -1.41. The summed E-state index contributed by atoms with van der Waals surface area (Å²) in [7, 11) is 0. The largest absolute Gasteiger partial charge is 0.463 e. The van der Waals surface area contributed by atoms with Crippen LogP contribution in [-0.4, -0.2) is 22.9 Å². The zero-order chi connectivity index (χ0) is 12.8. The topological polar surface area (TPSA) is 114 Å². The molecular weight excluding hydrogens is 244 g/mol. The van der Waals surface area contributed by atoms with Crippen molar-refractivity contribution < 1.29 is 9.90 Å². The zero-order valence-corrected chi connectivity index (χ0v) is 9.55. The molecule has 1 aromatic carbocycles. The number of nitrogens with two attached hydrogens (primary N) is 2. The van der Waals surface area contributed by atoms with Crippen molar-refractivity contribution in [1.29, 1.82) is 0 Å². The van der Waals surface area contributed by atoms with Gasteiger partial charge in [-0.3, -0.25) is 4.99 Å². The van der Waals surface area contributed by atoms with E-state index in [4.69, 9.17) is 28.2 Å². The maximum absolute atomic E-state index is 10.2. The van der Waals surface area contributed by atoms with Gasteiger partial charge in [0.2, 0.25) is 0 Å². The summed E-state index contributed by atoms with van der Waals surface area (Å²) < 4.78 is 0. The first-order chi connectivity index (χ1) is 7.99. The van der Waals surface area contributed by atoms with Gasteiger partial charge in [0.25, 0.3) is 0 Å².